The molecule has 4 nitrogen and oxygen atoms in total. The van der Waals surface area contributed by atoms with Gasteiger partial charge in [0.25, 0.3) is 5.91 Å². The Labute approximate surface area is 158 Å². The van der Waals surface area contributed by atoms with Crippen molar-refractivity contribution in [2.75, 3.05) is 13.2 Å². The maximum atomic E-state index is 13.1. The van der Waals surface area contributed by atoms with Crippen LogP contribution in [0.3, 0.4) is 0 Å². The van der Waals surface area contributed by atoms with Crippen LogP contribution >= 0.6 is 11.3 Å². The molecule has 0 aliphatic carbocycles. The Morgan fingerprint density at radius 3 is 2.81 bits per heavy atom. The molecule has 3 atom stereocenters. The molecule has 3 heterocycles. The van der Waals surface area contributed by atoms with Gasteiger partial charge >= 0.3 is 6.18 Å². The third-order valence-electron chi connectivity index (χ3n) is 4.67. The third-order valence-corrected chi connectivity index (χ3v) is 5.54. The molecular formula is C19H17F3N2O2S. The highest BCUT2D eigenvalue weighted by atomic mass is 32.1. The van der Waals surface area contributed by atoms with Crippen molar-refractivity contribution in [3.63, 3.8) is 0 Å². The van der Waals surface area contributed by atoms with Gasteiger partial charge in [0, 0.05) is 11.4 Å². The first-order chi connectivity index (χ1) is 12.9. The lowest BCUT2D eigenvalue weighted by Gasteiger charge is -2.46. The molecule has 2 aliphatic rings. The predicted octanol–water partition coefficient (Wildman–Crippen LogP) is 4.02. The normalized spacial score (nSPS) is 24.9. The number of hydroxylamine groups is 2. The van der Waals surface area contributed by atoms with Gasteiger partial charge in [-0.3, -0.25) is 14.5 Å². The lowest BCUT2D eigenvalue weighted by Crippen LogP contribution is -2.55. The van der Waals surface area contributed by atoms with Crippen LogP contribution in [0.1, 0.15) is 22.0 Å². The minimum absolute atomic E-state index is 0.162. The molecule has 142 valence electrons. The lowest BCUT2D eigenvalue weighted by molar-refractivity contribution is -0.254. The lowest BCUT2D eigenvalue weighted by atomic mass is 9.94. The minimum atomic E-state index is -4.39. The van der Waals surface area contributed by atoms with E-state index < -0.39 is 17.8 Å². The highest BCUT2D eigenvalue weighted by Crippen LogP contribution is 2.37. The summed E-state index contributed by atoms with van der Waals surface area (Å²) in [7, 11) is 0. The van der Waals surface area contributed by atoms with Gasteiger partial charge in [-0.25, -0.2) is 5.06 Å². The number of thiophene rings is 1. The number of carbonyl (C=O) groups is 1. The van der Waals surface area contributed by atoms with Crippen LogP contribution in [-0.2, 0) is 22.2 Å². The number of carbonyl (C=O) groups excluding carboxylic acids is 1. The minimum Gasteiger partial charge on any atom is -0.272 e. The van der Waals surface area contributed by atoms with E-state index in [1.165, 1.54) is 22.5 Å². The summed E-state index contributed by atoms with van der Waals surface area (Å²) in [6, 6.07) is 8.72. The smallest absolute Gasteiger partial charge is 0.272 e. The number of fused-ring (bicyclic) bond motifs is 2. The quantitative estimate of drug-likeness (QED) is 0.737. The molecule has 27 heavy (non-hydrogen) atoms. The summed E-state index contributed by atoms with van der Waals surface area (Å²) in [5.41, 5.74) is -0.149. The zero-order chi connectivity index (χ0) is 19.0. The molecule has 0 N–H and O–H groups in total. The average molecular weight is 394 g/mol. The molecule has 1 unspecified atom stereocenters. The van der Waals surface area contributed by atoms with Crippen LogP contribution in [0.15, 0.2) is 53.9 Å². The maximum Gasteiger partial charge on any atom is 0.416 e. The van der Waals surface area contributed by atoms with Gasteiger partial charge in [-0.15, -0.1) is 11.3 Å². The van der Waals surface area contributed by atoms with E-state index in [0.29, 0.717) is 12.1 Å². The molecule has 0 spiro atoms. The highest BCUT2D eigenvalue weighted by Gasteiger charge is 2.40. The summed E-state index contributed by atoms with van der Waals surface area (Å²) in [5, 5.41) is 3.22. The first-order valence-corrected chi connectivity index (χ1v) is 9.37. The second-order valence-corrected chi connectivity index (χ2v) is 7.54. The first kappa shape index (κ1) is 18.2. The second-order valence-electron chi connectivity index (χ2n) is 6.51. The predicted molar refractivity (Wildman–Crippen MR) is 94.6 cm³/mol. The number of alkyl halides is 3. The number of hydrogen-bond donors (Lipinski definition) is 0. The molecule has 1 saturated heterocycles. The maximum absolute atomic E-state index is 13.1. The van der Waals surface area contributed by atoms with Crippen molar-refractivity contribution in [2.45, 2.75) is 24.7 Å². The van der Waals surface area contributed by atoms with Crippen LogP contribution in [0, 0.1) is 0 Å². The molecule has 2 aliphatic heterocycles. The topological polar surface area (TPSA) is 32.8 Å². The molecule has 1 aromatic heterocycles. The number of benzene rings is 1. The van der Waals surface area contributed by atoms with E-state index in [1.807, 2.05) is 34.6 Å². The summed E-state index contributed by atoms with van der Waals surface area (Å²) in [6.07, 6.45) is -0.935. The van der Waals surface area contributed by atoms with Gasteiger partial charge < -0.3 is 0 Å². The Balaban J connectivity index is 1.54. The number of nitrogens with zero attached hydrogens (tertiary/aromatic N) is 2. The van der Waals surface area contributed by atoms with E-state index in [2.05, 4.69) is 0 Å². The van der Waals surface area contributed by atoms with Crippen molar-refractivity contribution in [1.82, 2.24) is 9.96 Å². The van der Waals surface area contributed by atoms with Crippen molar-refractivity contribution in [3.05, 3.63) is 69.9 Å². The molecule has 0 saturated carbocycles. The SMILES string of the molecule is O=C(Cc1cccs1)N1CN2CC=C[C@H](O1)[C@H]2c1cccc(C(F)(F)F)c1. The van der Waals surface area contributed by atoms with Gasteiger partial charge in [0.15, 0.2) is 0 Å². The van der Waals surface area contributed by atoms with E-state index in [1.54, 1.807) is 6.07 Å². The van der Waals surface area contributed by atoms with Gasteiger partial charge in [0.1, 0.15) is 12.8 Å². The highest BCUT2D eigenvalue weighted by molar-refractivity contribution is 7.10. The number of rotatable bonds is 3. The average Bonchev–Trinajstić information content (AvgIpc) is 3.13. The third kappa shape index (κ3) is 3.78. The Hall–Kier alpha value is -2.16. The number of amides is 1. The second kappa shape index (κ2) is 7.10. The molecule has 1 aromatic carbocycles. The fourth-order valence-electron chi connectivity index (χ4n) is 3.43. The van der Waals surface area contributed by atoms with E-state index in [9.17, 15) is 18.0 Å². The summed E-state index contributed by atoms with van der Waals surface area (Å²) in [5.74, 6) is -0.162. The van der Waals surface area contributed by atoms with Crippen LogP contribution in [0.5, 0.6) is 0 Å². The zero-order valence-corrected chi connectivity index (χ0v) is 15.0. The molecule has 2 bridgehead atoms. The number of halogens is 3. The van der Waals surface area contributed by atoms with Crippen LogP contribution in [0.4, 0.5) is 13.2 Å². The molecule has 1 fully saturated rings. The summed E-state index contributed by atoms with van der Waals surface area (Å²) < 4.78 is 39.2. The van der Waals surface area contributed by atoms with Crippen molar-refractivity contribution >= 4 is 17.2 Å². The Kier molecular flexibility index (Phi) is 4.79. The molecule has 4 rings (SSSR count). The van der Waals surface area contributed by atoms with Crippen molar-refractivity contribution in [3.8, 4) is 0 Å². The summed E-state index contributed by atoms with van der Waals surface area (Å²) in [4.78, 5) is 21.3. The number of hydrogen-bond acceptors (Lipinski definition) is 4. The largest absolute Gasteiger partial charge is 0.416 e. The molecule has 8 heteroatoms. The van der Waals surface area contributed by atoms with Crippen LogP contribution < -0.4 is 0 Å². The molecule has 2 aromatic rings. The molecule has 1 amide bonds. The van der Waals surface area contributed by atoms with Crippen LogP contribution in [0.2, 0.25) is 0 Å². The van der Waals surface area contributed by atoms with Gasteiger partial charge in [0.2, 0.25) is 0 Å². The van der Waals surface area contributed by atoms with E-state index in [0.717, 1.165) is 17.0 Å². The molecule has 0 radical (unpaired) electrons. The molecular weight excluding hydrogens is 377 g/mol. The Morgan fingerprint density at radius 1 is 1.26 bits per heavy atom. The zero-order valence-electron chi connectivity index (χ0n) is 14.2. The van der Waals surface area contributed by atoms with Crippen LogP contribution in [-0.4, -0.2) is 35.2 Å². The van der Waals surface area contributed by atoms with Crippen LogP contribution in [0.25, 0.3) is 0 Å². The van der Waals surface area contributed by atoms with Gasteiger partial charge in [-0.1, -0.05) is 30.4 Å². The van der Waals surface area contributed by atoms with Crippen molar-refractivity contribution < 1.29 is 22.8 Å². The van der Waals surface area contributed by atoms with Gasteiger partial charge in [-0.2, -0.15) is 13.2 Å². The standard InChI is InChI=1S/C19H17F3N2O2S/c20-19(21,22)14-5-1-4-13(10-14)18-16-7-2-8-23(18)12-24(26-16)17(25)11-15-6-3-9-27-15/h1-7,9-10,16,18H,8,11-12H2/t16-,18+/m0/s1. The van der Waals surface area contributed by atoms with E-state index in [-0.39, 0.29) is 25.0 Å². The monoisotopic (exact) mass is 394 g/mol. The summed E-state index contributed by atoms with van der Waals surface area (Å²) >= 11 is 1.50. The van der Waals surface area contributed by atoms with E-state index >= 15 is 0 Å². The fourth-order valence-corrected chi connectivity index (χ4v) is 4.12. The summed E-state index contributed by atoms with van der Waals surface area (Å²) in [6.45, 7) is 0.759. The van der Waals surface area contributed by atoms with Crippen molar-refractivity contribution in [2.24, 2.45) is 0 Å². The Bertz CT molecular complexity index is 851. The fraction of sp³-hybridized carbons (Fsp3) is 0.316. The Morgan fingerprint density at radius 2 is 2.11 bits per heavy atom. The van der Waals surface area contributed by atoms with Crippen molar-refractivity contribution in [1.29, 1.82) is 0 Å². The van der Waals surface area contributed by atoms with Gasteiger partial charge in [0.05, 0.1) is 18.0 Å². The van der Waals surface area contributed by atoms with E-state index in [4.69, 9.17) is 4.84 Å². The van der Waals surface area contributed by atoms with Gasteiger partial charge in [-0.05, 0) is 29.1 Å². The first-order valence-electron chi connectivity index (χ1n) is 8.49.